The number of anilines is 1. The van der Waals surface area contributed by atoms with Gasteiger partial charge in [0.15, 0.2) is 0 Å². The van der Waals surface area contributed by atoms with Crippen molar-refractivity contribution in [2.45, 2.75) is 32.2 Å². The van der Waals surface area contributed by atoms with Crippen molar-refractivity contribution < 1.29 is 19.8 Å². The normalized spacial score (nSPS) is 15.1. The van der Waals surface area contributed by atoms with Gasteiger partial charge in [-0.2, -0.15) is 0 Å². The number of carbonyl (C=O) groups is 2. The molecular formula is C20H23N3O5. The highest BCUT2D eigenvalue weighted by Crippen LogP contribution is 2.29. The van der Waals surface area contributed by atoms with Crippen LogP contribution in [-0.4, -0.2) is 45.1 Å². The number of aromatic amines is 1. The lowest BCUT2D eigenvalue weighted by Gasteiger charge is -2.20. The molecule has 0 atom stereocenters. The Labute approximate surface area is 161 Å². The van der Waals surface area contributed by atoms with Crippen molar-refractivity contribution in [3.63, 3.8) is 0 Å². The number of likely N-dealkylation sites (tertiary alicyclic amines) is 1. The van der Waals surface area contributed by atoms with Gasteiger partial charge in [0, 0.05) is 12.1 Å². The van der Waals surface area contributed by atoms with Gasteiger partial charge >= 0.3 is 11.9 Å². The maximum atomic E-state index is 12.1. The highest BCUT2D eigenvalue weighted by molar-refractivity contribution is 6.07. The van der Waals surface area contributed by atoms with Gasteiger partial charge in [-0.1, -0.05) is 37.1 Å². The molecule has 1 saturated heterocycles. The zero-order chi connectivity index (χ0) is 20.3. The Morgan fingerprint density at radius 3 is 2.07 bits per heavy atom. The monoisotopic (exact) mass is 385 g/mol. The van der Waals surface area contributed by atoms with E-state index in [1.807, 2.05) is 12.1 Å². The molecule has 2 aromatic rings. The Balaban J connectivity index is 2.00. The molecule has 8 heteroatoms. The van der Waals surface area contributed by atoms with E-state index in [1.165, 1.54) is 25.7 Å². The van der Waals surface area contributed by atoms with Crippen molar-refractivity contribution in [2.24, 2.45) is 0 Å². The summed E-state index contributed by atoms with van der Waals surface area (Å²) in [6.07, 6.45) is 4.84. The third-order valence-corrected chi connectivity index (χ3v) is 5.02. The first-order valence-corrected chi connectivity index (χ1v) is 9.22. The highest BCUT2D eigenvalue weighted by atomic mass is 16.4. The van der Waals surface area contributed by atoms with Crippen LogP contribution in [0.2, 0.25) is 0 Å². The lowest BCUT2D eigenvalue weighted by atomic mass is 9.94. The number of nitrogens with zero attached hydrogens (tertiary/aromatic N) is 1. The van der Waals surface area contributed by atoms with Gasteiger partial charge in [-0.05, 0) is 37.1 Å². The van der Waals surface area contributed by atoms with Crippen LogP contribution in [-0.2, 0) is 6.54 Å². The summed E-state index contributed by atoms with van der Waals surface area (Å²) >= 11 is 0. The number of hydrogen-bond donors (Lipinski definition) is 4. The first-order valence-electron chi connectivity index (χ1n) is 9.22. The average molecular weight is 385 g/mol. The second-order valence-electron chi connectivity index (χ2n) is 6.99. The van der Waals surface area contributed by atoms with Crippen LogP contribution >= 0.6 is 0 Å². The molecule has 0 amide bonds. The quantitative estimate of drug-likeness (QED) is 0.620. The fourth-order valence-corrected chi connectivity index (χ4v) is 3.66. The largest absolute Gasteiger partial charge is 0.478 e. The van der Waals surface area contributed by atoms with E-state index >= 15 is 0 Å². The molecule has 1 aromatic heterocycles. The molecule has 0 radical (unpaired) electrons. The Kier molecular flexibility index (Phi) is 5.79. The average Bonchev–Trinajstić information content (AvgIpc) is 2.89. The number of nitrogens with two attached hydrogens (primary N) is 1. The zero-order valence-electron chi connectivity index (χ0n) is 15.4. The van der Waals surface area contributed by atoms with Crippen molar-refractivity contribution in [1.29, 1.82) is 0 Å². The standard InChI is InChI=1S/C20H23N3O5/c21-17-15(19(25)26)14(16(20(27)28)18(24)22-17)13-7-5-12(6-8-13)11-23-9-3-1-2-4-10-23/h5-8H,1-4,9-11H2,(H,25,26)(H,27,28)(H3,21,22,24). The van der Waals surface area contributed by atoms with Gasteiger partial charge in [-0.3, -0.25) is 9.69 Å². The molecule has 1 fully saturated rings. The van der Waals surface area contributed by atoms with Crippen molar-refractivity contribution >= 4 is 17.8 Å². The van der Waals surface area contributed by atoms with E-state index in [9.17, 15) is 24.6 Å². The summed E-state index contributed by atoms with van der Waals surface area (Å²) in [5.74, 6) is -3.28. The molecule has 1 aromatic carbocycles. The van der Waals surface area contributed by atoms with Gasteiger partial charge in [-0.15, -0.1) is 0 Å². The molecule has 3 rings (SSSR count). The predicted molar refractivity (Wildman–Crippen MR) is 105 cm³/mol. The molecule has 1 aliphatic rings. The Morgan fingerprint density at radius 1 is 0.964 bits per heavy atom. The molecule has 8 nitrogen and oxygen atoms in total. The summed E-state index contributed by atoms with van der Waals surface area (Å²) in [4.78, 5) is 39.8. The number of hydrogen-bond acceptors (Lipinski definition) is 5. The maximum Gasteiger partial charge on any atom is 0.342 e. The summed E-state index contributed by atoms with van der Waals surface area (Å²) in [6.45, 7) is 2.85. The number of carboxylic acid groups (broad SMARTS) is 2. The predicted octanol–water partition coefficient (Wildman–Crippen LogP) is 2.40. The van der Waals surface area contributed by atoms with Crippen LogP contribution in [0.4, 0.5) is 5.82 Å². The van der Waals surface area contributed by atoms with Gasteiger partial charge < -0.3 is 20.9 Å². The SMILES string of the molecule is Nc1[nH]c(=O)c(C(=O)O)c(-c2ccc(CN3CCCCCC3)cc2)c1C(=O)O. The van der Waals surface area contributed by atoms with Crippen molar-refractivity contribution in [1.82, 2.24) is 9.88 Å². The molecule has 0 aliphatic carbocycles. The Hall–Kier alpha value is -3.13. The van der Waals surface area contributed by atoms with Crippen LogP contribution in [0.15, 0.2) is 29.1 Å². The number of aromatic nitrogens is 1. The summed E-state index contributed by atoms with van der Waals surface area (Å²) < 4.78 is 0. The minimum absolute atomic E-state index is 0.178. The van der Waals surface area contributed by atoms with Crippen LogP contribution in [0.3, 0.4) is 0 Å². The fraction of sp³-hybridized carbons (Fsp3) is 0.350. The van der Waals surface area contributed by atoms with Gasteiger partial charge in [0.25, 0.3) is 5.56 Å². The van der Waals surface area contributed by atoms with Gasteiger partial charge in [-0.25, -0.2) is 9.59 Å². The van der Waals surface area contributed by atoms with Crippen LogP contribution in [0, 0.1) is 0 Å². The Bertz CT molecular complexity index is 942. The van der Waals surface area contributed by atoms with Gasteiger partial charge in [0.05, 0.1) is 0 Å². The lowest BCUT2D eigenvalue weighted by molar-refractivity contribution is 0.0695. The molecule has 0 spiro atoms. The zero-order valence-corrected chi connectivity index (χ0v) is 15.4. The van der Waals surface area contributed by atoms with E-state index in [-0.39, 0.29) is 11.4 Å². The van der Waals surface area contributed by atoms with Crippen LogP contribution in [0.25, 0.3) is 11.1 Å². The van der Waals surface area contributed by atoms with Crippen LogP contribution < -0.4 is 11.3 Å². The first kappa shape index (κ1) is 19.6. The molecule has 1 aliphatic heterocycles. The fourth-order valence-electron chi connectivity index (χ4n) is 3.66. The summed E-state index contributed by atoms with van der Waals surface area (Å²) in [5.41, 5.74) is 4.87. The molecule has 5 N–H and O–H groups in total. The molecule has 2 heterocycles. The highest BCUT2D eigenvalue weighted by Gasteiger charge is 2.26. The molecule has 0 unspecified atom stereocenters. The number of benzene rings is 1. The van der Waals surface area contributed by atoms with Gasteiger partial charge in [0.1, 0.15) is 16.9 Å². The molecule has 0 bridgehead atoms. The third-order valence-electron chi connectivity index (χ3n) is 5.02. The van der Waals surface area contributed by atoms with E-state index in [0.29, 0.717) is 5.56 Å². The number of pyridine rings is 1. The first-order chi connectivity index (χ1) is 13.4. The second-order valence-corrected chi connectivity index (χ2v) is 6.99. The number of nitrogens with one attached hydrogen (secondary N) is 1. The number of H-pyrrole nitrogens is 1. The summed E-state index contributed by atoms with van der Waals surface area (Å²) in [5, 5.41) is 18.9. The van der Waals surface area contributed by atoms with E-state index in [2.05, 4.69) is 9.88 Å². The van der Waals surface area contributed by atoms with Gasteiger partial charge in [0.2, 0.25) is 0 Å². The van der Waals surface area contributed by atoms with E-state index in [0.717, 1.165) is 25.2 Å². The molecule has 0 saturated carbocycles. The smallest absolute Gasteiger partial charge is 0.342 e. The van der Waals surface area contributed by atoms with Crippen molar-refractivity contribution in [3.05, 3.63) is 51.3 Å². The topological polar surface area (TPSA) is 137 Å². The number of carboxylic acids is 2. The third kappa shape index (κ3) is 4.07. The summed E-state index contributed by atoms with van der Waals surface area (Å²) in [6, 6.07) is 6.93. The molecule has 28 heavy (non-hydrogen) atoms. The summed E-state index contributed by atoms with van der Waals surface area (Å²) in [7, 11) is 0. The Morgan fingerprint density at radius 2 is 1.54 bits per heavy atom. The van der Waals surface area contributed by atoms with E-state index < -0.39 is 28.6 Å². The van der Waals surface area contributed by atoms with E-state index in [4.69, 9.17) is 5.73 Å². The maximum absolute atomic E-state index is 12.1. The molecule has 148 valence electrons. The minimum Gasteiger partial charge on any atom is -0.478 e. The number of aromatic carboxylic acids is 2. The lowest BCUT2D eigenvalue weighted by Crippen LogP contribution is -2.24. The number of rotatable bonds is 5. The van der Waals surface area contributed by atoms with E-state index in [1.54, 1.807) is 12.1 Å². The minimum atomic E-state index is -1.51. The number of nitrogen functional groups attached to an aromatic ring is 1. The second kappa shape index (κ2) is 8.26. The van der Waals surface area contributed by atoms with Crippen LogP contribution in [0.5, 0.6) is 0 Å². The van der Waals surface area contributed by atoms with Crippen molar-refractivity contribution in [3.8, 4) is 11.1 Å². The molecular weight excluding hydrogens is 362 g/mol. The van der Waals surface area contributed by atoms with Crippen LogP contribution in [0.1, 0.15) is 52.0 Å². The van der Waals surface area contributed by atoms with Crippen molar-refractivity contribution in [2.75, 3.05) is 18.8 Å².